The van der Waals surface area contributed by atoms with Crippen LogP contribution in [-0.4, -0.2) is 15.7 Å². The van der Waals surface area contributed by atoms with Crippen LogP contribution in [0, 0.1) is 6.92 Å². The Morgan fingerprint density at radius 2 is 1.49 bits per heavy atom. The molecule has 4 heterocycles. The van der Waals surface area contributed by atoms with Crippen molar-refractivity contribution in [3.8, 4) is 17.0 Å². The summed E-state index contributed by atoms with van der Waals surface area (Å²) >= 11 is 12.6. The molecule has 1 atom stereocenters. The zero-order valence-corrected chi connectivity index (χ0v) is 24.7. The van der Waals surface area contributed by atoms with Crippen LogP contribution in [0.2, 0.25) is 10.0 Å². The Hall–Kier alpha value is -4.78. The largest absolute Gasteiger partial charge is 0.458 e. The molecule has 0 N–H and O–H groups in total. The van der Waals surface area contributed by atoms with Crippen LogP contribution in [0.4, 0.5) is 17.2 Å². The van der Waals surface area contributed by atoms with E-state index < -0.39 is 0 Å². The number of aromatic nitrogens is 2. The van der Waals surface area contributed by atoms with Crippen molar-refractivity contribution in [2.75, 3.05) is 9.80 Å². The number of guanidine groups is 1. The van der Waals surface area contributed by atoms with Crippen LogP contribution in [0.5, 0.6) is 0 Å². The monoisotopic (exact) mass is 601 g/mol. The van der Waals surface area contributed by atoms with Crippen LogP contribution in [0.15, 0.2) is 125 Å². The van der Waals surface area contributed by atoms with E-state index in [2.05, 4.69) is 70.5 Å². The lowest BCUT2D eigenvalue weighted by Crippen LogP contribution is -2.42. The van der Waals surface area contributed by atoms with Gasteiger partial charge in [0.25, 0.3) is 0 Å². The summed E-state index contributed by atoms with van der Waals surface area (Å²) in [5.74, 6) is 3.10. The highest BCUT2D eigenvalue weighted by Crippen LogP contribution is 2.51. The summed E-state index contributed by atoms with van der Waals surface area (Å²) in [6.45, 7) is 2.71. The van der Waals surface area contributed by atoms with E-state index in [9.17, 15) is 0 Å². The molecule has 8 heteroatoms. The Balaban J connectivity index is 1.34. The number of aliphatic imine (C=N–C) groups is 1. The topological polar surface area (TPSA) is 49.8 Å². The Labute approximate surface area is 259 Å². The molecular formula is C35H25Cl2N5O. The second-order valence-electron chi connectivity index (χ2n) is 10.6. The Kier molecular flexibility index (Phi) is 6.14. The van der Waals surface area contributed by atoms with Gasteiger partial charge in [-0.05, 0) is 67.1 Å². The summed E-state index contributed by atoms with van der Waals surface area (Å²) in [4.78, 5) is 9.91. The molecule has 0 saturated carbocycles. The minimum absolute atomic E-state index is 0.307. The average molecular weight is 603 g/mol. The number of hydrogen-bond acceptors (Lipinski definition) is 5. The number of anilines is 2. The minimum Gasteiger partial charge on any atom is -0.458 e. The fraction of sp³-hybridized carbons (Fsp3) is 0.0857. The maximum atomic E-state index is 6.65. The van der Waals surface area contributed by atoms with E-state index in [0.29, 0.717) is 22.4 Å². The van der Waals surface area contributed by atoms with Gasteiger partial charge in [0.1, 0.15) is 17.6 Å². The smallest absolute Gasteiger partial charge is 0.213 e. The summed E-state index contributed by atoms with van der Waals surface area (Å²) in [5.41, 5.74) is 7.04. The van der Waals surface area contributed by atoms with Gasteiger partial charge in [0.05, 0.1) is 44.9 Å². The molecule has 0 saturated heterocycles. The number of aryl methyl sites for hydroxylation is 1. The summed E-state index contributed by atoms with van der Waals surface area (Å²) in [5, 5.41) is 6.00. The fourth-order valence-corrected chi connectivity index (χ4v) is 6.33. The number of benzene rings is 4. The van der Waals surface area contributed by atoms with E-state index in [4.69, 9.17) is 37.7 Å². The lowest BCUT2D eigenvalue weighted by atomic mass is 10.0. The molecule has 0 radical (unpaired) electrons. The van der Waals surface area contributed by atoms with Gasteiger partial charge in [0.2, 0.25) is 5.96 Å². The van der Waals surface area contributed by atoms with Gasteiger partial charge < -0.3 is 9.32 Å². The molecule has 0 unspecified atom stereocenters. The molecule has 2 aromatic heterocycles. The van der Waals surface area contributed by atoms with E-state index in [1.165, 1.54) is 5.56 Å². The Morgan fingerprint density at radius 1 is 0.767 bits per heavy atom. The highest BCUT2D eigenvalue weighted by molar-refractivity contribution is 6.42. The van der Waals surface area contributed by atoms with Crippen molar-refractivity contribution in [3.63, 3.8) is 0 Å². The molecule has 0 aliphatic carbocycles. The normalized spacial score (nSPS) is 15.2. The third kappa shape index (κ3) is 4.25. The van der Waals surface area contributed by atoms with Crippen molar-refractivity contribution in [1.82, 2.24) is 9.78 Å². The Bertz CT molecular complexity index is 2020. The van der Waals surface area contributed by atoms with Crippen LogP contribution in [0.1, 0.15) is 28.6 Å². The van der Waals surface area contributed by atoms with Crippen LogP contribution < -0.4 is 9.80 Å². The molecule has 2 aliphatic rings. The van der Waals surface area contributed by atoms with E-state index in [1.54, 1.807) is 6.07 Å². The lowest BCUT2D eigenvalue weighted by Gasteiger charge is -2.33. The van der Waals surface area contributed by atoms with Crippen molar-refractivity contribution in [2.45, 2.75) is 19.5 Å². The number of para-hydroxylation sites is 3. The van der Waals surface area contributed by atoms with Crippen molar-refractivity contribution in [2.24, 2.45) is 4.99 Å². The lowest BCUT2D eigenvalue weighted by molar-refractivity contribution is 0.499. The standard InChI is InChI=1S/C35H25Cl2N5O/c1-22-32-33(31-19-18-30(43-31)24-16-17-26(36)27(37)20-24)41-29-15-9-8-14-28(29)40(21-23-10-4-2-5-11-23)35(41)38-34(32)42(39-22)25-12-6-3-7-13-25/h2-20,33H,21H2,1H3/t33-/m0/s1. The van der Waals surface area contributed by atoms with Crippen molar-refractivity contribution in [3.05, 3.63) is 148 Å². The third-order valence-corrected chi connectivity index (χ3v) is 8.73. The molecule has 210 valence electrons. The molecule has 2 aliphatic heterocycles. The van der Waals surface area contributed by atoms with Crippen LogP contribution >= 0.6 is 23.2 Å². The highest BCUT2D eigenvalue weighted by Gasteiger charge is 2.45. The SMILES string of the molecule is Cc1nn(-c2ccccc2)c2c1[C@H](c1ccc(-c3ccc(Cl)c(Cl)c3)o1)N1C(=N2)N(Cc2ccccc2)c2ccccc21. The molecule has 0 fully saturated rings. The van der Waals surface area contributed by atoms with Gasteiger partial charge in [0, 0.05) is 5.56 Å². The molecule has 0 amide bonds. The zero-order valence-electron chi connectivity index (χ0n) is 23.2. The first-order valence-corrected chi connectivity index (χ1v) is 14.8. The van der Waals surface area contributed by atoms with Gasteiger partial charge in [-0.1, -0.05) is 83.9 Å². The van der Waals surface area contributed by atoms with Crippen LogP contribution in [0.3, 0.4) is 0 Å². The molecule has 8 rings (SSSR count). The van der Waals surface area contributed by atoms with E-state index in [0.717, 1.165) is 51.4 Å². The molecule has 0 spiro atoms. The maximum absolute atomic E-state index is 6.65. The second-order valence-corrected chi connectivity index (χ2v) is 11.5. The summed E-state index contributed by atoms with van der Waals surface area (Å²) < 4.78 is 8.59. The van der Waals surface area contributed by atoms with Gasteiger partial charge in [-0.25, -0.2) is 4.68 Å². The van der Waals surface area contributed by atoms with E-state index >= 15 is 0 Å². The van der Waals surface area contributed by atoms with Crippen molar-refractivity contribution in [1.29, 1.82) is 0 Å². The minimum atomic E-state index is -0.307. The van der Waals surface area contributed by atoms with Crippen molar-refractivity contribution >= 4 is 46.4 Å². The molecular weight excluding hydrogens is 577 g/mol. The summed E-state index contributed by atoms with van der Waals surface area (Å²) in [7, 11) is 0. The maximum Gasteiger partial charge on any atom is 0.213 e. The number of fused-ring (bicyclic) bond motifs is 4. The van der Waals surface area contributed by atoms with Gasteiger partial charge in [-0.3, -0.25) is 4.90 Å². The van der Waals surface area contributed by atoms with Gasteiger partial charge in [0.15, 0.2) is 5.82 Å². The molecule has 4 aromatic carbocycles. The van der Waals surface area contributed by atoms with Gasteiger partial charge >= 0.3 is 0 Å². The Morgan fingerprint density at radius 3 is 2.26 bits per heavy atom. The summed E-state index contributed by atoms with van der Waals surface area (Å²) in [6, 6.07) is 38.3. The van der Waals surface area contributed by atoms with Gasteiger partial charge in [-0.2, -0.15) is 10.1 Å². The predicted molar refractivity (Wildman–Crippen MR) is 173 cm³/mol. The first-order chi connectivity index (χ1) is 21.1. The first kappa shape index (κ1) is 25.9. The average Bonchev–Trinajstić information content (AvgIpc) is 3.74. The number of furan rings is 1. The molecule has 0 bridgehead atoms. The van der Waals surface area contributed by atoms with Crippen molar-refractivity contribution < 1.29 is 4.42 Å². The zero-order chi connectivity index (χ0) is 29.1. The third-order valence-electron chi connectivity index (χ3n) is 7.99. The predicted octanol–water partition coefficient (Wildman–Crippen LogP) is 9.36. The second kappa shape index (κ2) is 10.2. The number of hydrogen-bond donors (Lipinski definition) is 0. The number of halogens is 2. The quantitative estimate of drug-likeness (QED) is 0.197. The van der Waals surface area contributed by atoms with Gasteiger partial charge in [-0.15, -0.1) is 0 Å². The number of rotatable bonds is 5. The van der Waals surface area contributed by atoms with E-state index in [-0.39, 0.29) is 6.04 Å². The van der Waals surface area contributed by atoms with E-state index in [1.807, 2.05) is 60.1 Å². The van der Waals surface area contributed by atoms with Crippen LogP contribution in [-0.2, 0) is 6.54 Å². The molecule has 6 aromatic rings. The van der Waals surface area contributed by atoms with Crippen LogP contribution in [0.25, 0.3) is 17.0 Å². The number of nitrogens with zero attached hydrogens (tertiary/aromatic N) is 5. The molecule has 43 heavy (non-hydrogen) atoms. The first-order valence-electron chi connectivity index (χ1n) is 14.1. The fourth-order valence-electron chi connectivity index (χ4n) is 6.03. The molecule has 6 nitrogen and oxygen atoms in total. The highest BCUT2D eigenvalue weighted by atomic mass is 35.5. The summed E-state index contributed by atoms with van der Waals surface area (Å²) in [6.07, 6.45) is 0.